The number of hydrogen-bond acceptors (Lipinski definition) is 10. The molecule has 0 unspecified atom stereocenters. The topological polar surface area (TPSA) is 180 Å². The molecule has 34 heavy (non-hydrogen) atoms. The van der Waals surface area contributed by atoms with E-state index in [1.807, 2.05) is 5.32 Å². The number of alkyl carbamates (subject to hydrolysis) is 1. The van der Waals surface area contributed by atoms with E-state index in [0.29, 0.717) is 18.0 Å². The van der Waals surface area contributed by atoms with Crippen LogP contribution in [0.15, 0.2) is 28.3 Å². The predicted molar refractivity (Wildman–Crippen MR) is 121 cm³/mol. The molecule has 180 valence electrons. The van der Waals surface area contributed by atoms with Gasteiger partial charge < -0.3 is 19.9 Å². The molecule has 14 heteroatoms. The van der Waals surface area contributed by atoms with Gasteiger partial charge in [-0.05, 0) is 19.8 Å². The second-order valence-corrected chi connectivity index (χ2v) is 7.73. The van der Waals surface area contributed by atoms with Crippen molar-refractivity contribution in [2.75, 3.05) is 31.6 Å². The van der Waals surface area contributed by atoms with Gasteiger partial charge in [-0.2, -0.15) is 0 Å². The van der Waals surface area contributed by atoms with E-state index >= 15 is 0 Å². The number of ether oxygens (including phenoxy) is 1. The molecule has 1 saturated heterocycles. The largest absolute Gasteiger partial charge is 0.450 e. The smallest absolute Gasteiger partial charge is 0.414 e. The molecule has 4 rings (SSSR count). The van der Waals surface area contributed by atoms with Crippen molar-refractivity contribution in [2.24, 2.45) is 0 Å². The minimum Gasteiger partial charge on any atom is -0.450 e. The number of nitrogens with one attached hydrogen (secondary N) is 4. The van der Waals surface area contributed by atoms with Gasteiger partial charge in [-0.1, -0.05) is 0 Å². The van der Waals surface area contributed by atoms with Crippen LogP contribution in [0.3, 0.4) is 0 Å². The number of amides is 2. The van der Waals surface area contributed by atoms with Crippen LogP contribution < -0.4 is 21.9 Å². The molecule has 0 spiro atoms. The summed E-state index contributed by atoms with van der Waals surface area (Å²) in [6.07, 6.45) is 3.79. The van der Waals surface area contributed by atoms with Crippen LogP contribution in [0, 0.1) is 0 Å². The van der Waals surface area contributed by atoms with Crippen molar-refractivity contribution in [1.29, 1.82) is 0 Å². The van der Waals surface area contributed by atoms with Gasteiger partial charge in [-0.3, -0.25) is 24.5 Å². The molecule has 3 aromatic rings. The SMILES string of the molecule is CCOC(=O)NC(=O)c1cc(=O)[nH]c(=O)n1CCN1CCC(Nc2ncnc3nc[nH]c23)CC1. The highest BCUT2D eigenvalue weighted by Crippen LogP contribution is 2.19. The Labute approximate surface area is 192 Å². The lowest BCUT2D eigenvalue weighted by Gasteiger charge is -2.32. The molecule has 0 saturated carbocycles. The minimum atomic E-state index is -0.947. The van der Waals surface area contributed by atoms with E-state index in [2.05, 4.69) is 39.9 Å². The van der Waals surface area contributed by atoms with Crippen LogP contribution in [0.25, 0.3) is 11.2 Å². The zero-order valence-corrected chi connectivity index (χ0v) is 18.5. The first-order chi connectivity index (χ1) is 16.4. The summed E-state index contributed by atoms with van der Waals surface area (Å²) in [6.45, 7) is 3.85. The molecule has 1 aliphatic heterocycles. The molecule has 4 heterocycles. The van der Waals surface area contributed by atoms with Crippen LogP contribution in [0.4, 0.5) is 10.6 Å². The number of aromatic amines is 2. The third kappa shape index (κ3) is 5.28. The fraction of sp³-hybridized carbons (Fsp3) is 0.450. The van der Waals surface area contributed by atoms with Crippen LogP contribution in [0.5, 0.6) is 0 Å². The molecule has 0 aromatic carbocycles. The number of imide groups is 1. The lowest BCUT2D eigenvalue weighted by Crippen LogP contribution is -2.44. The Morgan fingerprint density at radius 1 is 1.18 bits per heavy atom. The summed E-state index contributed by atoms with van der Waals surface area (Å²) in [7, 11) is 0. The predicted octanol–water partition coefficient (Wildman–Crippen LogP) is -0.334. The summed E-state index contributed by atoms with van der Waals surface area (Å²) in [5.41, 5.74) is -0.283. The summed E-state index contributed by atoms with van der Waals surface area (Å²) in [5.74, 6) is -0.169. The average Bonchev–Trinajstić information content (AvgIpc) is 3.29. The Hall–Kier alpha value is -4.07. The van der Waals surface area contributed by atoms with Crippen molar-refractivity contribution in [3.8, 4) is 0 Å². The molecule has 1 aliphatic rings. The van der Waals surface area contributed by atoms with E-state index in [1.54, 1.807) is 13.3 Å². The summed E-state index contributed by atoms with van der Waals surface area (Å²) < 4.78 is 5.84. The average molecular weight is 471 g/mol. The number of H-pyrrole nitrogens is 2. The van der Waals surface area contributed by atoms with Gasteiger partial charge in [0, 0.05) is 38.3 Å². The number of imidazole rings is 1. The normalized spacial score (nSPS) is 14.7. The lowest BCUT2D eigenvalue weighted by atomic mass is 10.1. The van der Waals surface area contributed by atoms with E-state index < -0.39 is 23.2 Å². The highest BCUT2D eigenvalue weighted by atomic mass is 16.5. The summed E-state index contributed by atoms with van der Waals surface area (Å²) in [4.78, 5) is 68.0. The van der Waals surface area contributed by atoms with Crippen LogP contribution in [-0.2, 0) is 11.3 Å². The number of fused-ring (bicyclic) bond motifs is 1. The number of likely N-dealkylation sites (tertiary alicyclic amines) is 1. The van der Waals surface area contributed by atoms with Crippen LogP contribution in [-0.4, -0.2) is 78.7 Å². The molecule has 14 nitrogen and oxygen atoms in total. The van der Waals surface area contributed by atoms with Crippen molar-refractivity contribution >= 4 is 29.0 Å². The maximum Gasteiger partial charge on any atom is 0.414 e. The highest BCUT2D eigenvalue weighted by Gasteiger charge is 2.22. The molecular weight excluding hydrogens is 446 g/mol. The Kier molecular flexibility index (Phi) is 6.96. The molecule has 2 amide bonds. The molecule has 0 bridgehead atoms. The van der Waals surface area contributed by atoms with Gasteiger partial charge in [0.1, 0.15) is 17.5 Å². The Morgan fingerprint density at radius 2 is 1.97 bits per heavy atom. The zero-order chi connectivity index (χ0) is 24.1. The van der Waals surface area contributed by atoms with Crippen molar-refractivity contribution in [3.05, 3.63) is 45.3 Å². The fourth-order valence-corrected chi connectivity index (χ4v) is 3.86. The van der Waals surface area contributed by atoms with Gasteiger partial charge in [0.05, 0.1) is 12.9 Å². The second-order valence-electron chi connectivity index (χ2n) is 7.73. The van der Waals surface area contributed by atoms with Gasteiger partial charge in [-0.15, -0.1) is 0 Å². The standard InChI is InChI=1S/C20H25N9O5/c1-2-34-20(33)27-18(31)13-9-14(30)26-19(32)29(13)8-7-28-5-3-12(4-6-28)25-17-15-16(22-10-21-15)23-11-24-17/h9-12H,2-8H2,1H3,(H,26,30,32)(H,27,31,33)(H2,21,22,23,24,25). The van der Waals surface area contributed by atoms with Crippen LogP contribution >= 0.6 is 0 Å². The van der Waals surface area contributed by atoms with Crippen molar-refractivity contribution in [1.82, 2.24) is 39.7 Å². The third-order valence-electron chi connectivity index (χ3n) is 5.55. The molecule has 0 radical (unpaired) electrons. The van der Waals surface area contributed by atoms with Gasteiger partial charge in [0.15, 0.2) is 11.5 Å². The second kappa shape index (κ2) is 10.2. The van der Waals surface area contributed by atoms with Crippen molar-refractivity contribution in [2.45, 2.75) is 32.4 Å². The Bertz CT molecular complexity index is 1290. The van der Waals surface area contributed by atoms with E-state index in [1.165, 1.54) is 6.33 Å². The molecule has 0 atom stereocenters. The van der Waals surface area contributed by atoms with Gasteiger partial charge in [0.2, 0.25) is 0 Å². The number of rotatable bonds is 7. The Morgan fingerprint density at radius 3 is 2.74 bits per heavy atom. The maximum absolute atomic E-state index is 12.4. The van der Waals surface area contributed by atoms with E-state index in [4.69, 9.17) is 0 Å². The summed E-state index contributed by atoms with van der Waals surface area (Å²) >= 11 is 0. The number of carbonyl (C=O) groups excluding carboxylic acids is 2. The number of aromatic nitrogens is 6. The number of carbonyl (C=O) groups is 2. The third-order valence-corrected chi connectivity index (χ3v) is 5.55. The monoisotopic (exact) mass is 471 g/mol. The molecule has 0 aliphatic carbocycles. The van der Waals surface area contributed by atoms with E-state index in [-0.39, 0.29) is 24.9 Å². The maximum atomic E-state index is 12.4. The van der Waals surface area contributed by atoms with Crippen molar-refractivity contribution < 1.29 is 14.3 Å². The summed E-state index contributed by atoms with van der Waals surface area (Å²) in [6, 6.07) is 1.20. The first-order valence-corrected chi connectivity index (χ1v) is 10.9. The Balaban J connectivity index is 1.36. The van der Waals surface area contributed by atoms with Gasteiger partial charge >= 0.3 is 11.8 Å². The number of hydrogen-bond donors (Lipinski definition) is 4. The lowest BCUT2D eigenvalue weighted by molar-refractivity contribution is 0.0912. The molecule has 4 N–H and O–H groups in total. The van der Waals surface area contributed by atoms with E-state index in [9.17, 15) is 19.2 Å². The van der Waals surface area contributed by atoms with Crippen LogP contribution in [0.2, 0.25) is 0 Å². The van der Waals surface area contributed by atoms with Gasteiger partial charge in [-0.25, -0.2) is 24.5 Å². The molecule has 1 fully saturated rings. The quantitative estimate of drug-likeness (QED) is 0.356. The first kappa shape index (κ1) is 23.1. The van der Waals surface area contributed by atoms with Crippen molar-refractivity contribution in [3.63, 3.8) is 0 Å². The van der Waals surface area contributed by atoms with Gasteiger partial charge in [0.25, 0.3) is 11.5 Å². The summed E-state index contributed by atoms with van der Waals surface area (Å²) in [5, 5.41) is 5.45. The van der Waals surface area contributed by atoms with E-state index in [0.717, 1.165) is 42.1 Å². The first-order valence-electron chi connectivity index (χ1n) is 10.9. The molecular formula is C20H25N9O5. The number of anilines is 1. The number of piperidine rings is 1. The van der Waals surface area contributed by atoms with Crippen LogP contribution in [0.1, 0.15) is 30.3 Å². The highest BCUT2D eigenvalue weighted by molar-refractivity contribution is 6.01. The molecule has 3 aromatic heterocycles. The number of nitrogens with zero attached hydrogens (tertiary/aromatic N) is 5. The minimum absolute atomic E-state index is 0.0795. The fourth-order valence-electron chi connectivity index (χ4n) is 3.86. The zero-order valence-electron chi connectivity index (χ0n) is 18.5.